The summed E-state index contributed by atoms with van der Waals surface area (Å²) in [5, 5.41) is 13.3. The Bertz CT molecular complexity index is 283. The van der Waals surface area contributed by atoms with Crippen molar-refractivity contribution in [2.24, 2.45) is 0 Å². The first kappa shape index (κ1) is 10.1. The van der Waals surface area contributed by atoms with Crippen molar-refractivity contribution >= 4 is 17.2 Å². The zero-order valence-corrected chi connectivity index (χ0v) is 8.36. The van der Waals surface area contributed by atoms with Gasteiger partial charge in [0.2, 0.25) is 0 Å². The van der Waals surface area contributed by atoms with E-state index in [1.54, 1.807) is 5.38 Å². The Morgan fingerprint density at radius 3 is 3.00 bits per heavy atom. The molecule has 0 aliphatic heterocycles. The van der Waals surface area contributed by atoms with E-state index in [-0.39, 0.29) is 11.7 Å². The molecule has 0 aliphatic rings. The number of amides is 1. The highest BCUT2D eigenvalue weighted by atomic mass is 32.1. The zero-order valence-electron chi connectivity index (χ0n) is 7.54. The summed E-state index contributed by atoms with van der Waals surface area (Å²) in [6.07, 6.45) is 2.05. The van der Waals surface area contributed by atoms with Gasteiger partial charge in [-0.15, -0.1) is 11.3 Å². The van der Waals surface area contributed by atoms with Gasteiger partial charge in [-0.2, -0.15) is 0 Å². The maximum absolute atomic E-state index is 11.3. The van der Waals surface area contributed by atoms with Gasteiger partial charge in [0.05, 0.1) is 4.88 Å². The molecule has 3 nitrogen and oxygen atoms in total. The molecule has 13 heavy (non-hydrogen) atoms. The van der Waals surface area contributed by atoms with Gasteiger partial charge in [0.1, 0.15) is 5.75 Å². The third kappa shape index (κ3) is 3.06. The van der Waals surface area contributed by atoms with Crippen LogP contribution in [0.25, 0.3) is 0 Å². The van der Waals surface area contributed by atoms with Crippen LogP contribution >= 0.6 is 11.3 Å². The van der Waals surface area contributed by atoms with Crippen molar-refractivity contribution in [3.05, 3.63) is 16.3 Å². The average molecular weight is 199 g/mol. The minimum absolute atomic E-state index is 0.0984. The molecule has 0 atom stereocenters. The summed E-state index contributed by atoms with van der Waals surface area (Å²) in [6, 6.07) is 1.48. The molecule has 1 rings (SSSR count). The Balaban J connectivity index is 2.40. The van der Waals surface area contributed by atoms with E-state index in [0.717, 1.165) is 12.8 Å². The maximum Gasteiger partial charge on any atom is 0.261 e. The molecule has 1 aromatic rings. The second-order valence-electron chi connectivity index (χ2n) is 2.78. The van der Waals surface area contributed by atoms with Crippen molar-refractivity contribution in [2.45, 2.75) is 19.8 Å². The van der Waals surface area contributed by atoms with Gasteiger partial charge < -0.3 is 10.4 Å². The third-order valence-corrected chi connectivity index (χ3v) is 2.54. The Labute approximate surface area is 81.4 Å². The first-order valence-electron chi connectivity index (χ1n) is 4.29. The summed E-state index contributed by atoms with van der Waals surface area (Å²) in [5.41, 5.74) is 0. The predicted molar refractivity (Wildman–Crippen MR) is 53.2 cm³/mol. The van der Waals surface area contributed by atoms with Gasteiger partial charge in [0.25, 0.3) is 5.91 Å². The monoisotopic (exact) mass is 199 g/mol. The van der Waals surface area contributed by atoms with Crippen LogP contribution in [0, 0.1) is 0 Å². The second kappa shape index (κ2) is 4.87. The lowest BCUT2D eigenvalue weighted by Gasteiger charge is -2.00. The molecule has 2 N–H and O–H groups in total. The zero-order chi connectivity index (χ0) is 9.68. The smallest absolute Gasteiger partial charge is 0.261 e. The average Bonchev–Trinajstić information content (AvgIpc) is 2.52. The topological polar surface area (TPSA) is 49.3 Å². The molecule has 0 bridgehead atoms. The first-order chi connectivity index (χ1) is 6.24. The molecule has 72 valence electrons. The van der Waals surface area contributed by atoms with E-state index in [1.165, 1.54) is 17.4 Å². The SMILES string of the molecule is CCCCNC(=O)c1cc(O)cs1. The van der Waals surface area contributed by atoms with Gasteiger partial charge in [0.15, 0.2) is 0 Å². The van der Waals surface area contributed by atoms with Crippen molar-refractivity contribution in [3.63, 3.8) is 0 Å². The van der Waals surface area contributed by atoms with Crippen molar-refractivity contribution in [1.82, 2.24) is 5.32 Å². The normalized spacial score (nSPS) is 9.92. The molecule has 1 aromatic heterocycles. The first-order valence-corrected chi connectivity index (χ1v) is 5.17. The number of thiophene rings is 1. The maximum atomic E-state index is 11.3. The summed E-state index contributed by atoms with van der Waals surface area (Å²) >= 11 is 1.25. The van der Waals surface area contributed by atoms with Crippen LogP contribution in [0.15, 0.2) is 11.4 Å². The summed E-state index contributed by atoms with van der Waals surface area (Å²) in [6.45, 7) is 2.77. The number of hydrogen-bond acceptors (Lipinski definition) is 3. The molecule has 0 saturated carbocycles. The van der Waals surface area contributed by atoms with Crippen LogP contribution in [0.4, 0.5) is 0 Å². The Morgan fingerprint density at radius 2 is 2.46 bits per heavy atom. The number of nitrogens with one attached hydrogen (secondary N) is 1. The molecule has 0 spiro atoms. The van der Waals surface area contributed by atoms with Gasteiger partial charge in [-0.25, -0.2) is 0 Å². The molecule has 0 unspecified atom stereocenters. The Hall–Kier alpha value is -1.03. The van der Waals surface area contributed by atoms with Crippen LogP contribution in [0.1, 0.15) is 29.4 Å². The van der Waals surface area contributed by atoms with Crippen LogP contribution in [-0.4, -0.2) is 17.6 Å². The number of carbonyl (C=O) groups is 1. The summed E-state index contributed by atoms with van der Waals surface area (Å²) in [5.74, 6) is 0.0596. The van der Waals surface area contributed by atoms with Gasteiger partial charge >= 0.3 is 0 Å². The molecule has 0 aromatic carbocycles. The van der Waals surface area contributed by atoms with E-state index in [1.807, 2.05) is 0 Å². The van der Waals surface area contributed by atoms with E-state index in [2.05, 4.69) is 12.2 Å². The highest BCUT2D eigenvalue weighted by Gasteiger charge is 2.06. The molecule has 1 heterocycles. The van der Waals surface area contributed by atoms with Crippen LogP contribution in [0.2, 0.25) is 0 Å². The van der Waals surface area contributed by atoms with Crippen molar-refractivity contribution < 1.29 is 9.90 Å². The lowest BCUT2D eigenvalue weighted by Crippen LogP contribution is -2.23. The molecule has 0 radical (unpaired) electrons. The number of carbonyl (C=O) groups excluding carboxylic acids is 1. The quantitative estimate of drug-likeness (QED) is 0.728. The lowest BCUT2D eigenvalue weighted by atomic mass is 10.3. The van der Waals surface area contributed by atoms with Gasteiger partial charge in [-0.1, -0.05) is 13.3 Å². The van der Waals surface area contributed by atoms with Crippen molar-refractivity contribution in [2.75, 3.05) is 6.54 Å². The second-order valence-corrected chi connectivity index (χ2v) is 3.69. The minimum atomic E-state index is -0.0984. The number of rotatable bonds is 4. The van der Waals surface area contributed by atoms with Gasteiger partial charge in [-0.05, 0) is 6.42 Å². The Kier molecular flexibility index (Phi) is 3.76. The fraction of sp³-hybridized carbons (Fsp3) is 0.444. The number of aromatic hydroxyl groups is 1. The van der Waals surface area contributed by atoms with Crippen molar-refractivity contribution in [1.29, 1.82) is 0 Å². The van der Waals surface area contributed by atoms with E-state index in [4.69, 9.17) is 5.11 Å². The lowest BCUT2D eigenvalue weighted by molar-refractivity contribution is 0.0957. The number of hydrogen-bond donors (Lipinski definition) is 2. The molecule has 0 saturated heterocycles. The summed E-state index contributed by atoms with van der Waals surface area (Å²) in [4.78, 5) is 11.9. The van der Waals surface area contributed by atoms with E-state index < -0.39 is 0 Å². The molecule has 1 amide bonds. The summed E-state index contributed by atoms with van der Waals surface area (Å²) in [7, 11) is 0. The van der Waals surface area contributed by atoms with Crippen LogP contribution in [0.3, 0.4) is 0 Å². The molecular weight excluding hydrogens is 186 g/mol. The molecule has 0 fully saturated rings. The van der Waals surface area contributed by atoms with Crippen LogP contribution in [0.5, 0.6) is 5.75 Å². The minimum Gasteiger partial charge on any atom is -0.507 e. The Morgan fingerprint density at radius 1 is 1.69 bits per heavy atom. The summed E-state index contributed by atoms with van der Waals surface area (Å²) < 4.78 is 0. The highest BCUT2D eigenvalue weighted by molar-refractivity contribution is 7.12. The third-order valence-electron chi connectivity index (χ3n) is 1.63. The molecule has 0 aliphatic carbocycles. The van der Waals surface area contributed by atoms with E-state index in [9.17, 15) is 4.79 Å². The van der Waals surface area contributed by atoms with Gasteiger partial charge in [-0.3, -0.25) is 4.79 Å². The fourth-order valence-corrected chi connectivity index (χ4v) is 1.59. The molecule has 4 heteroatoms. The molecular formula is C9H13NO2S. The standard InChI is InChI=1S/C9H13NO2S/c1-2-3-4-10-9(12)8-5-7(11)6-13-8/h5-6,11H,2-4H2,1H3,(H,10,12). The van der Waals surface area contributed by atoms with Gasteiger partial charge in [0, 0.05) is 18.0 Å². The van der Waals surface area contributed by atoms with Crippen LogP contribution in [-0.2, 0) is 0 Å². The van der Waals surface area contributed by atoms with E-state index in [0.29, 0.717) is 11.4 Å². The largest absolute Gasteiger partial charge is 0.507 e. The highest BCUT2D eigenvalue weighted by Crippen LogP contribution is 2.19. The van der Waals surface area contributed by atoms with Crippen molar-refractivity contribution in [3.8, 4) is 5.75 Å². The van der Waals surface area contributed by atoms with E-state index >= 15 is 0 Å². The van der Waals surface area contributed by atoms with Crippen LogP contribution < -0.4 is 5.32 Å². The predicted octanol–water partition coefficient (Wildman–Crippen LogP) is 1.98. The number of unbranched alkanes of at least 4 members (excludes halogenated alkanes) is 1. The fourth-order valence-electron chi connectivity index (χ4n) is 0.911.